The summed E-state index contributed by atoms with van der Waals surface area (Å²) in [5.74, 6) is 0.557. The number of methoxy groups -OCH3 is 1. The van der Waals surface area contributed by atoms with Gasteiger partial charge in [-0.05, 0) is 30.5 Å². The zero-order chi connectivity index (χ0) is 19.3. The largest absolute Gasteiger partial charge is 0.497 e. The molecule has 1 aliphatic rings. The van der Waals surface area contributed by atoms with Crippen LogP contribution < -0.4 is 15.4 Å². The quantitative estimate of drug-likeness (QED) is 0.601. The Morgan fingerprint density at radius 1 is 1.18 bits per heavy atom. The molecule has 28 heavy (non-hydrogen) atoms. The lowest BCUT2D eigenvalue weighted by Gasteiger charge is -2.09. The van der Waals surface area contributed by atoms with Crippen molar-refractivity contribution in [3.8, 4) is 5.75 Å². The predicted molar refractivity (Wildman–Crippen MR) is 112 cm³/mol. The normalized spacial score (nSPS) is 14.2. The molecule has 1 amide bonds. The first-order valence-electron chi connectivity index (χ1n) is 9.18. The lowest BCUT2D eigenvalue weighted by atomic mass is 10.1. The van der Waals surface area contributed by atoms with Crippen molar-refractivity contribution in [1.29, 1.82) is 0 Å². The topological polar surface area (TPSA) is 89.0 Å². The van der Waals surface area contributed by atoms with Gasteiger partial charge in [-0.1, -0.05) is 36.3 Å². The van der Waals surface area contributed by atoms with Gasteiger partial charge >= 0.3 is 0 Å². The van der Waals surface area contributed by atoms with E-state index in [1.807, 2.05) is 24.3 Å². The summed E-state index contributed by atoms with van der Waals surface area (Å²) in [5, 5.41) is 18.3. The highest BCUT2D eigenvalue weighted by Crippen LogP contribution is 2.25. The van der Waals surface area contributed by atoms with Gasteiger partial charge in [-0.15, -0.1) is 21.5 Å². The van der Waals surface area contributed by atoms with Gasteiger partial charge in [0.1, 0.15) is 16.5 Å². The van der Waals surface area contributed by atoms with E-state index in [2.05, 4.69) is 25.8 Å². The molecule has 0 spiro atoms. The Labute approximate surface area is 171 Å². The number of hydrogen-bond acceptors (Lipinski definition) is 8. The van der Waals surface area contributed by atoms with E-state index in [4.69, 9.17) is 4.74 Å². The average molecular weight is 416 g/mol. The molecule has 0 saturated heterocycles. The molecule has 0 atom stereocenters. The van der Waals surface area contributed by atoms with E-state index in [0.717, 1.165) is 21.5 Å². The predicted octanol–water partition coefficient (Wildman–Crippen LogP) is 4.20. The second-order valence-electron chi connectivity index (χ2n) is 6.64. The van der Waals surface area contributed by atoms with Gasteiger partial charge in [0.25, 0.3) is 5.91 Å². The molecule has 2 N–H and O–H groups in total. The van der Waals surface area contributed by atoms with Crippen molar-refractivity contribution in [3.05, 3.63) is 45.9 Å². The van der Waals surface area contributed by atoms with Crippen molar-refractivity contribution < 1.29 is 9.53 Å². The van der Waals surface area contributed by atoms with Crippen LogP contribution in [0.15, 0.2) is 29.6 Å². The maximum Gasteiger partial charge on any atom is 0.277 e. The summed E-state index contributed by atoms with van der Waals surface area (Å²) in [7, 11) is 1.64. The van der Waals surface area contributed by atoms with Gasteiger partial charge in [-0.2, -0.15) is 0 Å². The second-order valence-corrected chi connectivity index (χ2v) is 8.56. The minimum Gasteiger partial charge on any atom is -0.497 e. The number of carbonyl (C=O) groups excluding carboxylic acids is 1. The van der Waals surface area contributed by atoms with Crippen molar-refractivity contribution in [1.82, 2.24) is 15.2 Å². The van der Waals surface area contributed by atoms with Crippen molar-refractivity contribution >= 4 is 38.8 Å². The Hall–Kier alpha value is -2.52. The van der Waals surface area contributed by atoms with Crippen LogP contribution in [-0.2, 0) is 6.42 Å². The Morgan fingerprint density at radius 2 is 1.96 bits per heavy atom. The summed E-state index contributed by atoms with van der Waals surface area (Å²) in [4.78, 5) is 16.8. The number of hydrogen-bond donors (Lipinski definition) is 2. The van der Waals surface area contributed by atoms with Crippen molar-refractivity contribution in [2.24, 2.45) is 0 Å². The zero-order valence-electron chi connectivity index (χ0n) is 15.5. The molecule has 2 aromatic heterocycles. The lowest BCUT2D eigenvalue weighted by Crippen LogP contribution is -2.15. The fourth-order valence-electron chi connectivity index (χ4n) is 3.14. The van der Waals surface area contributed by atoms with Gasteiger partial charge in [0, 0.05) is 17.8 Å². The van der Waals surface area contributed by atoms with E-state index < -0.39 is 0 Å². The van der Waals surface area contributed by atoms with E-state index in [0.29, 0.717) is 23.3 Å². The smallest absolute Gasteiger partial charge is 0.277 e. The van der Waals surface area contributed by atoms with Crippen LogP contribution in [0, 0.1) is 0 Å². The van der Waals surface area contributed by atoms with Crippen LogP contribution in [0.25, 0.3) is 0 Å². The first kappa shape index (κ1) is 18.8. The summed E-state index contributed by atoms with van der Waals surface area (Å²) < 4.78 is 5.17. The van der Waals surface area contributed by atoms with Gasteiger partial charge in [0.15, 0.2) is 5.13 Å². The van der Waals surface area contributed by atoms with Crippen LogP contribution in [0.2, 0.25) is 0 Å². The van der Waals surface area contributed by atoms with E-state index in [1.165, 1.54) is 48.4 Å². The first-order chi connectivity index (χ1) is 13.7. The van der Waals surface area contributed by atoms with Gasteiger partial charge in [0.2, 0.25) is 5.13 Å². The molecule has 146 valence electrons. The maximum atomic E-state index is 12.4. The fourth-order valence-corrected chi connectivity index (χ4v) is 4.68. The highest BCUT2D eigenvalue weighted by Gasteiger charge is 2.18. The highest BCUT2D eigenvalue weighted by atomic mass is 32.1. The third kappa shape index (κ3) is 4.66. The second kappa shape index (κ2) is 8.66. The molecule has 9 heteroatoms. The molecular formula is C19H21N5O2S2. The number of anilines is 2. The third-order valence-electron chi connectivity index (χ3n) is 4.62. The minimum atomic E-state index is -0.261. The molecule has 0 unspecified atom stereocenters. The number of benzene rings is 1. The molecule has 1 aliphatic carbocycles. The Bertz CT molecular complexity index is 932. The Balaban J connectivity index is 1.34. The van der Waals surface area contributed by atoms with Crippen molar-refractivity contribution in [2.75, 3.05) is 17.7 Å². The summed E-state index contributed by atoms with van der Waals surface area (Å²) in [6.45, 7) is 0. The molecule has 1 saturated carbocycles. The van der Waals surface area contributed by atoms with Gasteiger partial charge in [-0.25, -0.2) is 4.98 Å². The molecule has 0 bridgehead atoms. The maximum absolute atomic E-state index is 12.4. The molecule has 1 fully saturated rings. The van der Waals surface area contributed by atoms with Crippen LogP contribution in [-0.4, -0.2) is 34.2 Å². The molecule has 0 aliphatic heterocycles. The number of nitrogens with zero attached hydrogens (tertiary/aromatic N) is 3. The van der Waals surface area contributed by atoms with E-state index >= 15 is 0 Å². The lowest BCUT2D eigenvalue weighted by molar-refractivity contribution is 0.102. The van der Waals surface area contributed by atoms with Gasteiger partial charge in [-0.3, -0.25) is 10.1 Å². The number of aromatic nitrogens is 3. The molecule has 2 heterocycles. The van der Waals surface area contributed by atoms with Crippen LogP contribution >= 0.6 is 22.7 Å². The molecule has 4 rings (SSSR count). The Morgan fingerprint density at radius 3 is 2.71 bits per heavy atom. The van der Waals surface area contributed by atoms with Crippen LogP contribution in [0.3, 0.4) is 0 Å². The summed E-state index contributed by atoms with van der Waals surface area (Å²) in [5.41, 5.74) is 1.51. The number of thiazole rings is 1. The number of rotatable bonds is 7. The third-order valence-corrected chi connectivity index (χ3v) is 6.23. The molecular weight excluding hydrogens is 394 g/mol. The van der Waals surface area contributed by atoms with Crippen molar-refractivity contribution in [3.63, 3.8) is 0 Å². The molecule has 7 nitrogen and oxygen atoms in total. The van der Waals surface area contributed by atoms with E-state index in [1.54, 1.807) is 12.5 Å². The van der Waals surface area contributed by atoms with Crippen LogP contribution in [0.1, 0.15) is 46.7 Å². The van der Waals surface area contributed by atoms with E-state index in [-0.39, 0.29) is 5.91 Å². The fraction of sp³-hybridized carbons (Fsp3) is 0.368. The average Bonchev–Trinajstić information content (AvgIpc) is 3.46. The molecule has 3 aromatic rings. The monoisotopic (exact) mass is 415 g/mol. The molecule has 0 radical (unpaired) electrons. The minimum absolute atomic E-state index is 0.261. The summed E-state index contributed by atoms with van der Waals surface area (Å²) in [6, 6.07) is 8.29. The highest BCUT2D eigenvalue weighted by molar-refractivity contribution is 7.15. The Kier molecular flexibility index (Phi) is 5.82. The first-order valence-corrected chi connectivity index (χ1v) is 10.9. The summed E-state index contributed by atoms with van der Waals surface area (Å²) in [6.07, 6.45) is 5.51. The standard InChI is InChI=1S/C19H21N5O2S2/c1-26-14-8-6-12(7-9-14)10-16-23-24-19(28-16)22-17(25)15-11-27-18(21-15)20-13-4-2-3-5-13/h6-9,11,13H,2-5,10H2,1H3,(H,20,21)(H,22,24,25). The van der Waals surface area contributed by atoms with Crippen LogP contribution in [0.5, 0.6) is 5.75 Å². The van der Waals surface area contributed by atoms with Crippen LogP contribution in [0.4, 0.5) is 10.3 Å². The number of amides is 1. The van der Waals surface area contributed by atoms with Gasteiger partial charge < -0.3 is 10.1 Å². The summed E-state index contributed by atoms with van der Waals surface area (Å²) >= 11 is 2.83. The number of ether oxygens (including phenoxy) is 1. The molecule has 1 aromatic carbocycles. The van der Waals surface area contributed by atoms with Crippen molar-refractivity contribution in [2.45, 2.75) is 38.1 Å². The SMILES string of the molecule is COc1ccc(Cc2nnc(NC(=O)c3csc(NC4CCCC4)n3)s2)cc1. The van der Waals surface area contributed by atoms with Gasteiger partial charge in [0.05, 0.1) is 7.11 Å². The van der Waals surface area contributed by atoms with E-state index in [9.17, 15) is 4.79 Å². The number of nitrogens with one attached hydrogen (secondary N) is 2. The number of carbonyl (C=O) groups is 1. The zero-order valence-corrected chi connectivity index (χ0v) is 17.1.